The van der Waals surface area contributed by atoms with Crippen LogP contribution in [0.1, 0.15) is 77.6 Å². The van der Waals surface area contributed by atoms with Crippen molar-refractivity contribution in [2.45, 2.75) is 77.6 Å². The lowest BCUT2D eigenvalue weighted by molar-refractivity contribution is -0.121. The summed E-state index contributed by atoms with van der Waals surface area (Å²) in [5.41, 5.74) is 0. The van der Waals surface area contributed by atoms with Gasteiger partial charge in [-0.15, -0.1) is 0 Å². The van der Waals surface area contributed by atoms with Crippen LogP contribution in [0, 0.1) is 5.92 Å². The summed E-state index contributed by atoms with van der Waals surface area (Å²) < 4.78 is 35.8. The van der Waals surface area contributed by atoms with Crippen molar-refractivity contribution in [3.05, 3.63) is 0 Å². The van der Waals surface area contributed by atoms with Gasteiger partial charge in [0.1, 0.15) is 11.5 Å². The number of unbranched alkanes of at least 4 members (excludes halogenated alkanes) is 5. The van der Waals surface area contributed by atoms with E-state index in [0.717, 1.165) is 62.6 Å². The Morgan fingerprint density at radius 1 is 1.00 bits per heavy atom. The predicted octanol–water partition coefficient (Wildman–Crippen LogP) is 3.68. The van der Waals surface area contributed by atoms with Gasteiger partial charge in [0, 0.05) is 11.7 Å². The Morgan fingerprint density at radius 3 is 2.19 bits per heavy atom. The standard InChI is InChI=1S/C12H21O2S.C8H18O3S/c13-12(11-4-2-1-3-5-11)10-15-8-6-14-7-9-15;1-2-3-4-5-6-7-8-12(9,10)11/h11H,1-10H2;2-8H2,1H3,(H,9,10,11)/q+1;/p-1. The zero-order valence-corrected chi connectivity index (χ0v) is 18.6. The monoisotopic (exact) mass is 422 g/mol. The zero-order chi connectivity index (χ0) is 20.0. The van der Waals surface area contributed by atoms with Gasteiger partial charge in [0.2, 0.25) is 0 Å². The van der Waals surface area contributed by atoms with E-state index in [1.165, 1.54) is 32.1 Å². The summed E-state index contributed by atoms with van der Waals surface area (Å²) in [4.78, 5) is 12.0. The minimum Gasteiger partial charge on any atom is -0.748 e. The molecule has 0 aromatic carbocycles. The van der Waals surface area contributed by atoms with Crippen molar-refractivity contribution < 1.29 is 22.5 Å². The van der Waals surface area contributed by atoms with E-state index < -0.39 is 10.1 Å². The van der Waals surface area contributed by atoms with E-state index in [0.29, 0.717) is 29.0 Å². The molecule has 1 heterocycles. The highest BCUT2D eigenvalue weighted by molar-refractivity contribution is 7.97. The van der Waals surface area contributed by atoms with Gasteiger partial charge < -0.3 is 9.29 Å². The van der Waals surface area contributed by atoms with E-state index >= 15 is 0 Å². The lowest BCUT2D eigenvalue weighted by Gasteiger charge is -2.21. The second-order valence-electron chi connectivity index (χ2n) is 7.61. The number of ether oxygens (including phenoxy) is 1. The maximum absolute atomic E-state index is 12.0. The van der Waals surface area contributed by atoms with E-state index in [4.69, 9.17) is 4.74 Å². The fraction of sp³-hybridized carbons (Fsp3) is 0.950. The number of Topliss-reactive ketones (excluding diaryl/α,β-unsaturated/α-hetero) is 1. The van der Waals surface area contributed by atoms with Crippen LogP contribution in [-0.2, 0) is 30.5 Å². The predicted molar refractivity (Wildman–Crippen MR) is 112 cm³/mol. The molecule has 0 atom stereocenters. The Morgan fingerprint density at radius 2 is 1.59 bits per heavy atom. The third-order valence-corrected chi connectivity index (χ3v) is 8.16. The maximum atomic E-state index is 12.0. The number of carbonyl (C=O) groups excluding carboxylic acids is 1. The van der Waals surface area contributed by atoms with Crippen LogP contribution in [0.3, 0.4) is 0 Å². The number of hydrogen-bond donors (Lipinski definition) is 0. The number of carbonyl (C=O) groups is 1. The van der Waals surface area contributed by atoms with E-state index in [1.807, 2.05) is 0 Å². The Labute approximate surface area is 169 Å². The quantitative estimate of drug-likeness (QED) is 0.305. The summed E-state index contributed by atoms with van der Waals surface area (Å²) in [6, 6.07) is 0. The van der Waals surface area contributed by atoms with Crippen molar-refractivity contribution in [3.63, 3.8) is 0 Å². The van der Waals surface area contributed by atoms with Crippen LogP contribution in [0.5, 0.6) is 0 Å². The van der Waals surface area contributed by atoms with Gasteiger partial charge in [0.05, 0.1) is 23.3 Å². The van der Waals surface area contributed by atoms with Gasteiger partial charge >= 0.3 is 0 Å². The van der Waals surface area contributed by atoms with Gasteiger partial charge in [0.25, 0.3) is 0 Å². The van der Waals surface area contributed by atoms with E-state index in [9.17, 15) is 17.8 Å². The van der Waals surface area contributed by atoms with Gasteiger partial charge in [-0.3, -0.25) is 4.79 Å². The molecular formula is C20H38O5S2. The molecule has 0 amide bonds. The molecule has 5 nitrogen and oxygen atoms in total. The van der Waals surface area contributed by atoms with Crippen LogP contribution < -0.4 is 0 Å². The molecule has 0 N–H and O–H groups in total. The molecule has 2 aliphatic rings. The first-order valence-corrected chi connectivity index (χ1v) is 13.9. The number of hydrogen-bond acceptors (Lipinski definition) is 5. The van der Waals surface area contributed by atoms with Crippen LogP contribution in [0.2, 0.25) is 0 Å². The Kier molecular flexibility index (Phi) is 13.7. The number of rotatable bonds is 10. The summed E-state index contributed by atoms with van der Waals surface area (Å²) >= 11 is 0. The fourth-order valence-corrected chi connectivity index (χ4v) is 5.90. The van der Waals surface area contributed by atoms with E-state index in [-0.39, 0.29) is 5.75 Å². The molecule has 1 saturated heterocycles. The SMILES string of the molecule is CCCCCCCCS(=O)(=O)[O-].O=C(C[S+]1CCOCC1)C1CCCCC1. The van der Waals surface area contributed by atoms with Crippen molar-refractivity contribution in [2.24, 2.45) is 5.92 Å². The minimum atomic E-state index is -3.97. The lowest BCUT2D eigenvalue weighted by Crippen LogP contribution is -2.34. The van der Waals surface area contributed by atoms with Crippen molar-refractivity contribution in [3.8, 4) is 0 Å². The molecule has 2 rings (SSSR count). The van der Waals surface area contributed by atoms with Crippen molar-refractivity contribution in [1.29, 1.82) is 0 Å². The first-order chi connectivity index (χ1) is 12.9. The smallest absolute Gasteiger partial charge is 0.184 e. The number of ketones is 1. The summed E-state index contributed by atoms with van der Waals surface area (Å²) in [6.07, 6.45) is 12.2. The summed E-state index contributed by atoms with van der Waals surface area (Å²) in [5.74, 6) is 3.87. The molecular weight excluding hydrogens is 384 g/mol. The van der Waals surface area contributed by atoms with Gasteiger partial charge in [0.15, 0.2) is 11.5 Å². The molecule has 7 heteroatoms. The van der Waals surface area contributed by atoms with Crippen molar-refractivity contribution in [1.82, 2.24) is 0 Å². The van der Waals surface area contributed by atoms with Crippen LogP contribution in [0.15, 0.2) is 0 Å². The molecule has 0 spiro atoms. The topological polar surface area (TPSA) is 83.5 Å². The third kappa shape index (κ3) is 13.7. The molecule has 160 valence electrons. The molecule has 0 bridgehead atoms. The van der Waals surface area contributed by atoms with E-state index in [2.05, 4.69) is 6.92 Å². The molecule has 2 fully saturated rings. The Balaban J connectivity index is 0.000000279. The average Bonchev–Trinajstić information content (AvgIpc) is 2.66. The molecule has 27 heavy (non-hydrogen) atoms. The summed E-state index contributed by atoms with van der Waals surface area (Å²) in [7, 11) is -3.62. The second-order valence-corrected chi connectivity index (χ2v) is 11.5. The highest BCUT2D eigenvalue weighted by Gasteiger charge is 2.30. The first-order valence-electron chi connectivity index (χ1n) is 10.6. The summed E-state index contributed by atoms with van der Waals surface area (Å²) in [6.45, 7) is 3.88. The van der Waals surface area contributed by atoms with Gasteiger partial charge in [-0.1, -0.05) is 58.3 Å². The molecule has 1 aliphatic carbocycles. The van der Waals surface area contributed by atoms with Gasteiger partial charge in [-0.25, -0.2) is 8.42 Å². The van der Waals surface area contributed by atoms with Crippen LogP contribution >= 0.6 is 0 Å². The van der Waals surface area contributed by atoms with Crippen LogP contribution in [-0.4, -0.2) is 55.0 Å². The largest absolute Gasteiger partial charge is 0.748 e. The Bertz CT molecular complexity index is 481. The molecule has 1 aliphatic heterocycles. The van der Waals surface area contributed by atoms with Crippen molar-refractivity contribution in [2.75, 3.05) is 36.2 Å². The Hall–Kier alpha value is -0.110. The minimum absolute atomic E-state index is 0.195. The fourth-order valence-electron chi connectivity index (χ4n) is 3.50. The van der Waals surface area contributed by atoms with Gasteiger partial charge in [-0.2, -0.15) is 0 Å². The van der Waals surface area contributed by atoms with Crippen LogP contribution in [0.4, 0.5) is 0 Å². The first kappa shape index (κ1) is 24.9. The third-order valence-electron chi connectivity index (χ3n) is 5.19. The summed E-state index contributed by atoms with van der Waals surface area (Å²) in [5, 5.41) is 0. The zero-order valence-electron chi connectivity index (χ0n) is 17.0. The average molecular weight is 423 g/mol. The molecule has 1 saturated carbocycles. The lowest BCUT2D eigenvalue weighted by atomic mass is 9.87. The van der Waals surface area contributed by atoms with E-state index in [1.54, 1.807) is 0 Å². The highest BCUT2D eigenvalue weighted by atomic mass is 32.2. The molecule has 0 aromatic heterocycles. The maximum Gasteiger partial charge on any atom is 0.184 e. The second kappa shape index (κ2) is 14.8. The van der Waals surface area contributed by atoms with Crippen LogP contribution in [0.25, 0.3) is 0 Å². The van der Waals surface area contributed by atoms with Crippen molar-refractivity contribution >= 4 is 26.8 Å². The van der Waals surface area contributed by atoms with Gasteiger partial charge in [-0.05, 0) is 30.2 Å². The molecule has 0 radical (unpaired) electrons. The molecule has 0 unspecified atom stereocenters. The highest BCUT2D eigenvalue weighted by Crippen LogP contribution is 2.25. The normalized spacial score (nSPS) is 19.3. The molecule has 0 aromatic rings.